The smallest absolute Gasteiger partial charge is 0.370 e. The van der Waals surface area contributed by atoms with Crippen molar-refractivity contribution < 1.29 is 22.8 Å². The van der Waals surface area contributed by atoms with Gasteiger partial charge in [0, 0.05) is 44.6 Å². The molecule has 35 heavy (non-hydrogen) atoms. The van der Waals surface area contributed by atoms with Crippen molar-refractivity contribution in [2.75, 3.05) is 31.1 Å². The molecule has 2 N–H and O–H groups in total. The van der Waals surface area contributed by atoms with Gasteiger partial charge in [-0.05, 0) is 49.8 Å². The number of anilines is 1. The van der Waals surface area contributed by atoms with Gasteiger partial charge in [-0.25, -0.2) is 0 Å². The van der Waals surface area contributed by atoms with Gasteiger partial charge in [-0.1, -0.05) is 0 Å². The Labute approximate surface area is 201 Å². The highest BCUT2D eigenvalue weighted by Gasteiger charge is 2.43. The fourth-order valence-corrected chi connectivity index (χ4v) is 5.24. The molecule has 0 saturated carbocycles. The summed E-state index contributed by atoms with van der Waals surface area (Å²) in [4.78, 5) is 28.6. The first kappa shape index (κ1) is 24.6. The SMILES string of the molecule is CCn1cc(C(=O)N2CCC([C@@H]3CN(c4ccc(C#N)c(C(F)(F)F)c4)C[C@H]3C(N)=O)CC2)cn1. The maximum atomic E-state index is 13.4. The highest BCUT2D eigenvalue weighted by Crippen LogP contribution is 2.40. The number of aryl methyl sites for hydroxylation is 1. The van der Waals surface area contributed by atoms with E-state index in [1.807, 2.05) is 6.92 Å². The standard InChI is InChI=1S/C24H27F3N6O2/c1-2-33-12-17(11-30-33)23(35)31-7-5-15(6-8-31)19-13-32(14-20(19)22(29)34)18-4-3-16(10-28)21(9-18)24(25,26)27/h3-4,9,11-12,15,19-20H,2,5-8,13-14H2,1H3,(H2,29,34)/t19-,20+/m0/s1. The molecule has 11 heteroatoms. The van der Waals surface area contributed by atoms with Crippen molar-refractivity contribution in [3.05, 3.63) is 47.3 Å². The number of benzene rings is 1. The largest absolute Gasteiger partial charge is 0.417 e. The zero-order chi connectivity index (χ0) is 25.3. The second-order valence-corrected chi connectivity index (χ2v) is 9.13. The summed E-state index contributed by atoms with van der Waals surface area (Å²) in [5.41, 5.74) is 5.10. The lowest BCUT2D eigenvalue weighted by atomic mass is 9.78. The molecule has 2 atom stereocenters. The van der Waals surface area contributed by atoms with E-state index in [1.165, 1.54) is 6.07 Å². The second kappa shape index (κ2) is 9.60. The van der Waals surface area contributed by atoms with Crippen molar-refractivity contribution >= 4 is 17.5 Å². The molecule has 2 saturated heterocycles. The van der Waals surface area contributed by atoms with Gasteiger partial charge in [0.25, 0.3) is 5.91 Å². The van der Waals surface area contributed by atoms with Gasteiger partial charge in [0.1, 0.15) is 0 Å². The zero-order valence-electron chi connectivity index (χ0n) is 19.3. The number of carbonyl (C=O) groups is 2. The van der Waals surface area contributed by atoms with E-state index < -0.39 is 29.1 Å². The van der Waals surface area contributed by atoms with Crippen LogP contribution in [0.1, 0.15) is 41.3 Å². The van der Waals surface area contributed by atoms with Gasteiger partial charge >= 0.3 is 6.18 Å². The van der Waals surface area contributed by atoms with E-state index >= 15 is 0 Å². The number of alkyl halides is 3. The third-order valence-corrected chi connectivity index (χ3v) is 7.16. The number of amides is 2. The molecule has 2 aliphatic rings. The third-order valence-electron chi connectivity index (χ3n) is 7.16. The molecule has 186 valence electrons. The molecule has 3 heterocycles. The summed E-state index contributed by atoms with van der Waals surface area (Å²) in [6, 6.07) is 5.20. The molecule has 4 rings (SSSR count). The van der Waals surface area contributed by atoms with E-state index in [9.17, 15) is 22.8 Å². The number of hydrogen-bond acceptors (Lipinski definition) is 5. The van der Waals surface area contributed by atoms with Crippen LogP contribution in [0, 0.1) is 29.1 Å². The normalized spacial score (nSPS) is 21.2. The summed E-state index contributed by atoms with van der Waals surface area (Å²) in [6.07, 6.45) is -0.0215. The van der Waals surface area contributed by atoms with Crippen LogP contribution < -0.4 is 10.6 Å². The topological polar surface area (TPSA) is 108 Å². The van der Waals surface area contributed by atoms with Crippen LogP contribution in [0.4, 0.5) is 18.9 Å². The van der Waals surface area contributed by atoms with Crippen LogP contribution in [-0.2, 0) is 17.5 Å². The van der Waals surface area contributed by atoms with Crippen molar-refractivity contribution in [1.29, 1.82) is 5.26 Å². The predicted octanol–water partition coefficient (Wildman–Crippen LogP) is 2.88. The van der Waals surface area contributed by atoms with Crippen molar-refractivity contribution in [3.8, 4) is 6.07 Å². The van der Waals surface area contributed by atoms with Gasteiger partial charge in [-0.15, -0.1) is 0 Å². The van der Waals surface area contributed by atoms with Crippen LogP contribution >= 0.6 is 0 Å². The molecule has 0 radical (unpaired) electrons. The Bertz CT molecular complexity index is 1150. The molecule has 1 aromatic carbocycles. The second-order valence-electron chi connectivity index (χ2n) is 9.13. The van der Waals surface area contributed by atoms with E-state index in [2.05, 4.69) is 5.10 Å². The highest BCUT2D eigenvalue weighted by atomic mass is 19.4. The summed E-state index contributed by atoms with van der Waals surface area (Å²) >= 11 is 0. The first-order valence-corrected chi connectivity index (χ1v) is 11.6. The Balaban J connectivity index is 1.47. The Morgan fingerprint density at radius 2 is 1.94 bits per heavy atom. The summed E-state index contributed by atoms with van der Waals surface area (Å²) in [5.74, 6) is -1.08. The average Bonchev–Trinajstić information content (AvgIpc) is 3.50. The lowest BCUT2D eigenvalue weighted by molar-refractivity contribution is -0.137. The fourth-order valence-electron chi connectivity index (χ4n) is 5.24. The molecular weight excluding hydrogens is 461 g/mol. The number of primary amides is 1. The van der Waals surface area contributed by atoms with Crippen LogP contribution in [0.15, 0.2) is 30.6 Å². The number of piperidine rings is 1. The van der Waals surface area contributed by atoms with Crippen molar-refractivity contribution in [2.45, 2.75) is 32.5 Å². The van der Waals surface area contributed by atoms with Gasteiger partial charge < -0.3 is 15.5 Å². The number of nitrogens with zero attached hydrogens (tertiary/aromatic N) is 5. The van der Waals surface area contributed by atoms with Crippen LogP contribution in [0.2, 0.25) is 0 Å². The molecule has 8 nitrogen and oxygen atoms in total. The molecule has 1 aromatic heterocycles. The van der Waals surface area contributed by atoms with Gasteiger partial charge in [-0.2, -0.15) is 23.5 Å². The average molecular weight is 489 g/mol. The van der Waals surface area contributed by atoms with E-state index in [0.29, 0.717) is 50.3 Å². The molecule has 2 amide bonds. The molecule has 0 bridgehead atoms. The number of rotatable bonds is 5. The third kappa shape index (κ3) is 4.97. The Morgan fingerprint density at radius 1 is 1.23 bits per heavy atom. The van der Waals surface area contributed by atoms with Gasteiger partial charge in [0.2, 0.25) is 5.91 Å². The summed E-state index contributed by atoms with van der Waals surface area (Å²) in [5, 5.41) is 13.2. The number of hydrogen-bond donors (Lipinski definition) is 1. The summed E-state index contributed by atoms with van der Waals surface area (Å²) < 4.78 is 42.0. The maximum Gasteiger partial charge on any atom is 0.417 e. The summed E-state index contributed by atoms with van der Waals surface area (Å²) in [7, 11) is 0. The maximum absolute atomic E-state index is 13.4. The van der Waals surface area contributed by atoms with E-state index in [0.717, 1.165) is 12.1 Å². The van der Waals surface area contributed by atoms with Crippen molar-refractivity contribution in [2.24, 2.45) is 23.5 Å². The molecule has 0 spiro atoms. The molecule has 0 unspecified atom stereocenters. The molecule has 0 aliphatic carbocycles. The van der Waals surface area contributed by atoms with Crippen LogP contribution in [0.25, 0.3) is 0 Å². The molecular formula is C24H27F3N6O2. The van der Waals surface area contributed by atoms with E-state index in [1.54, 1.807) is 32.9 Å². The summed E-state index contributed by atoms with van der Waals surface area (Å²) in [6.45, 7) is 4.27. The number of carbonyl (C=O) groups excluding carboxylic acids is 2. The Hall–Kier alpha value is -3.55. The Morgan fingerprint density at radius 3 is 2.51 bits per heavy atom. The number of aromatic nitrogens is 2. The molecule has 2 aromatic rings. The first-order valence-electron chi connectivity index (χ1n) is 11.6. The van der Waals surface area contributed by atoms with Gasteiger partial charge in [0.15, 0.2) is 0 Å². The number of likely N-dealkylation sites (tertiary alicyclic amines) is 1. The van der Waals surface area contributed by atoms with Crippen molar-refractivity contribution in [1.82, 2.24) is 14.7 Å². The zero-order valence-corrected chi connectivity index (χ0v) is 19.3. The first-order chi connectivity index (χ1) is 16.6. The molecule has 2 aliphatic heterocycles. The minimum absolute atomic E-state index is 0.0834. The fraction of sp³-hybridized carbons (Fsp3) is 0.500. The number of nitrogens with two attached hydrogens (primary N) is 1. The lowest BCUT2D eigenvalue weighted by Crippen LogP contribution is -2.42. The van der Waals surface area contributed by atoms with Gasteiger partial charge in [-0.3, -0.25) is 14.3 Å². The number of halogens is 3. The Kier molecular flexibility index (Phi) is 6.74. The highest BCUT2D eigenvalue weighted by molar-refractivity contribution is 5.93. The minimum Gasteiger partial charge on any atom is -0.370 e. The van der Waals surface area contributed by atoms with E-state index in [-0.39, 0.29) is 24.3 Å². The molecule has 2 fully saturated rings. The van der Waals surface area contributed by atoms with Crippen LogP contribution in [0.5, 0.6) is 0 Å². The lowest BCUT2D eigenvalue weighted by Gasteiger charge is -2.36. The predicted molar refractivity (Wildman–Crippen MR) is 121 cm³/mol. The van der Waals surface area contributed by atoms with Crippen molar-refractivity contribution in [3.63, 3.8) is 0 Å². The minimum atomic E-state index is -4.66. The monoisotopic (exact) mass is 488 g/mol. The van der Waals surface area contributed by atoms with Gasteiger partial charge in [0.05, 0.1) is 34.9 Å². The van der Waals surface area contributed by atoms with E-state index in [4.69, 9.17) is 11.0 Å². The van der Waals surface area contributed by atoms with Crippen LogP contribution in [0.3, 0.4) is 0 Å². The number of nitriles is 1. The quantitative estimate of drug-likeness (QED) is 0.696. The van der Waals surface area contributed by atoms with Crippen LogP contribution in [-0.4, -0.2) is 52.7 Å².